The maximum atomic E-state index is 10.5. The van der Waals surface area contributed by atoms with Gasteiger partial charge in [0.2, 0.25) is 5.91 Å². The molecule has 2 N–H and O–H groups in total. The van der Waals surface area contributed by atoms with Crippen molar-refractivity contribution in [3.63, 3.8) is 0 Å². The van der Waals surface area contributed by atoms with Gasteiger partial charge in [-0.15, -0.1) is 0 Å². The first-order valence-corrected chi connectivity index (χ1v) is 3.68. The van der Waals surface area contributed by atoms with Crippen LogP contribution in [0.4, 0.5) is 0 Å². The van der Waals surface area contributed by atoms with E-state index in [1.807, 2.05) is 0 Å². The quantitative estimate of drug-likeness (QED) is 0.527. The lowest BCUT2D eigenvalue weighted by molar-refractivity contribution is -0.145. The highest BCUT2D eigenvalue weighted by Gasteiger charge is 2.31. The molecule has 0 rings (SSSR count). The van der Waals surface area contributed by atoms with Crippen LogP contribution in [-0.4, -0.2) is 28.3 Å². The van der Waals surface area contributed by atoms with E-state index < -0.39 is 11.5 Å². The van der Waals surface area contributed by atoms with Gasteiger partial charge in [-0.2, -0.15) is 12.6 Å². The van der Waals surface area contributed by atoms with Gasteiger partial charge in [0, 0.05) is 12.7 Å². The number of rotatable bonds is 3. The zero-order chi connectivity index (χ0) is 9.07. The molecule has 0 saturated heterocycles. The second-order valence-corrected chi connectivity index (χ2v) is 2.79. The molecule has 64 valence electrons. The van der Waals surface area contributed by atoms with Crippen molar-refractivity contribution >= 4 is 24.5 Å². The molecular weight excluding hydrogens is 166 g/mol. The molecule has 0 aromatic carbocycles. The van der Waals surface area contributed by atoms with Crippen LogP contribution in [0.5, 0.6) is 0 Å². The Labute approximate surface area is 70.4 Å². The van der Waals surface area contributed by atoms with Crippen molar-refractivity contribution in [3.05, 3.63) is 0 Å². The summed E-state index contributed by atoms with van der Waals surface area (Å²) in [6.07, 6.45) is 0. The van der Waals surface area contributed by atoms with Gasteiger partial charge in [-0.05, 0) is 6.92 Å². The van der Waals surface area contributed by atoms with Crippen molar-refractivity contribution < 1.29 is 14.7 Å². The van der Waals surface area contributed by atoms with E-state index in [0.29, 0.717) is 0 Å². The van der Waals surface area contributed by atoms with Crippen LogP contribution in [0.3, 0.4) is 0 Å². The van der Waals surface area contributed by atoms with Gasteiger partial charge in [-0.25, -0.2) is 4.79 Å². The topological polar surface area (TPSA) is 66.4 Å². The van der Waals surface area contributed by atoms with Crippen LogP contribution in [0.1, 0.15) is 13.8 Å². The average Bonchev–Trinajstić information content (AvgIpc) is 1.86. The third-order valence-electron chi connectivity index (χ3n) is 1.24. The maximum absolute atomic E-state index is 10.5. The van der Waals surface area contributed by atoms with Gasteiger partial charge in [0.1, 0.15) is 5.54 Å². The molecule has 0 aliphatic carbocycles. The number of hydrogen-bond donors (Lipinski definition) is 3. The summed E-state index contributed by atoms with van der Waals surface area (Å²) < 4.78 is 0. The van der Waals surface area contributed by atoms with Crippen LogP contribution in [0, 0.1) is 0 Å². The largest absolute Gasteiger partial charge is 0.479 e. The van der Waals surface area contributed by atoms with E-state index in [1.165, 1.54) is 13.8 Å². The van der Waals surface area contributed by atoms with Gasteiger partial charge < -0.3 is 10.4 Å². The van der Waals surface area contributed by atoms with Crippen molar-refractivity contribution in [1.82, 2.24) is 5.32 Å². The van der Waals surface area contributed by atoms with E-state index >= 15 is 0 Å². The van der Waals surface area contributed by atoms with Crippen molar-refractivity contribution in [2.75, 3.05) is 5.75 Å². The smallest absolute Gasteiger partial charge is 0.329 e. The fourth-order valence-electron chi connectivity index (χ4n) is 0.549. The van der Waals surface area contributed by atoms with E-state index in [-0.39, 0.29) is 11.7 Å². The first-order chi connectivity index (χ1) is 4.92. The maximum Gasteiger partial charge on any atom is 0.329 e. The molecule has 0 bridgehead atoms. The molecule has 0 aromatic rings. The van der Waals surface area contributed by atoms with Gasteiger partial charge in [-0.3, -0.25) is 4.79 Å². The molecule has 5 heteroatoms. The number of carboxylic acids is 1. The molecule has 1 unspecified atom stereocenters. The number of carbonyl (C=O) groups excluding carboxylic acids is 1. The van der Waals surface area contributed by atoms with Crippen LogP contribution in [0.2, 0.25) is 0 Å². The summed E-state index contributed by atoms with van der Waals surface area (Å²) in [6, 6.07) is 0. The Morgan fingerprint density at radius 3 is 2.18 bits per heavy atom. The van der Waals surface area contributed by atoms with Gasteiger partial charge in [0.15, 0.2) is 0 Å². The van der Waals surface area contributed by atoms with E-state index in [1.54, 1.807) is 0 Å². The second kappa shape index (κ2) is 3.61. The molecule has 0 aliphatic heterocycles. The summed E-state index contributed by atoms with van der Waals surface area (Å²) in [5.74, 6) is -1.38. The minimum absolute atomic E-state index is 0.0713. The Kier molecular flexibility index (Phi) is 3.38. The lowest BCUT2D eigenvalue weighted by Gasteiger charge is -2.22. The zero-order valence-electron chi connectivity index (χ0n) is 6.42. The molecule has 1 amide bonds. The Morgan fingerprint density at radius 2 is 2.09 bits per heavy atom. The van der Waals surface area contributed by atoms with Gasteiger partial charge in [0.05, 0.1) is 0 Å². The predicted octanol–water partition coefficient (Wildman–Crippen LogP) is -0.104. The lowest BCUT2D eigenvalue weighted by Crippen LogP contribution is -2.53. The average molecular weight is 177 g/mol. The Hall–Kier alpha value is -0.710. The van der Waals surface area contributed by atoms with Gasteiger partial charge in [-0.1, -0.05) is 0 Å². The number of thiol groups is 1. The van der Waals surface area contributed by atoms with E-state index in [4.69, 9.17) is 5.11 Å². The molecule has 0 spiro atoms. The number of aliphatic carboxylic acids is 1. The first-order valence-electron chi connectivity index (χ1n) is 3.05. The lowest BCUT2D eigenvalue weighted by atomic mass is 10.1. The fraction of sp³-hybridized carbons (Fsp3) is 0.667. The second-order valence-electron chi connectivity index (χ2n) is 2.48. The standard InChI is InChI=1S/C6H11NO3S/c1-4(8)7-6(2,3-11)5(9)10/h11H,3H2,1-2H3,(H,7,8)(H,9,10). The van der Waals surface area contributed by atoms with Crippen molar-refractivity contribution in [2.24, 2.45) is 0 Å². The van der Waals surface area contributed by atoms with E-state index in [0.717, 1.165) is 0 Å². The van der Waals surface area contributed by atoms with Gasteiger partial charge in [0.25, 0.3) is 0 Å². The van der Waals surface area contributed by atoms with Crippen molar-refractivity contribution in [2.45, 2.75) is 19.4 Å². The van der Waals surface area contributed by atoms with E-state index in [2.05, 4.69) is 17.9 Å². The number of amides is 1. The molecule has 11 heavy (non-hydrogen) atoms. The number of hydrogen-bond acceptors (Lipinski definition) is 3. The number of nitrogens with one attached hydrogen (secondary N) is 1. The molecule has 0 fully saturated rings. The van der Waals surface area contributed by atoms with Crippen molar-refractivity contribution in [1.29, 1.82) is 0 Å². The molecule has 4 nitrogen and oxygen atoms in total. The third kappa shape index (κ3) is 2.80. The number of carboxylic acid groups (broad SMARTS) is 1. The SMILES string of the molecule is CC(=O)NC(C)(CS)C(=O)O. The fourth-order valence-corrected chi connectivity index (χ4v) is 0.763. The third-order valence-corrected chi connectivity index (χ3v) is 1.87. The molecule has 0 aliphatic rings. The summed E-state index contributed by atoms with van der Waals surface area (Å²) in [4.78, 5) is 21.0. The first kappa shape index (κ1) is 10.3. The summed E-state index contributed by atoms with van der Waals surface area (Å²) >= 11 is 3.82. The van der Waals surface area contributed by atoms with E-state index in [9.17, 15) is 9.59 Å². The highest BCUT2D eigenvalue weighted by molar-refractivity contribution is 7.80. The molecule has 1 atom stereocenters. The molecule has 0 radical (unpaired) electrons. The summed E-state index contributed by atoms with van der Waals surface area (Å²) in [7, 11) is 0. The van der Waals surface area contributed by atoms with Crippen LogP contribution < -0.4 is 5.32 Å². The monoisotopic (exact) mass is 177 g/mol. The molecular formula is C6H11NO3S. The minimum Gasteiger partial charge on any atom is -0.479 e. The van der Waals surface area contributed by atoms with Gasteiger partial charge >= 0.3 is 5.97 Å². The van der Waals surface area contributed by atoms with Crippen LogP contribution in [0.25, 0.3) is 0 Å². The predicted molar refractivity (Wildman–Crippen MR) is 43.7 cm³/mol. The Balaban J connectivity index is 4.34. The summed E-state index contributed by atoms with van der Waals surface area (Å²) in [5, 5.41) is 10.9. The Bertz CT molecular complexity index is 183. The minimum atomic E-state index is -1.26. The molecule has 0 saturated carbocycles. The molecule has 0 heterocycles. The van der Waals surface area contributed by atoms with Crippen LogP contribution in [-0.2, 0) is 9.59 Å². The van der Waals surface area contributed by atoms with Crippen LogP contribution >= 0.6 is 12.6 Å². The highest BCUT2D eigenvalue weighted by Crippen LogP contribution is 2.05. The molecule has 0 aromatic heterocycles. The highest BCUT2D eigenvalue weighted by atomic mass is 32.1. The van der Waals surface area contributed by atoms with Crippen molar-refractivity contribution in [3.8, 4) is 0 Å². The summed E-state index contributed by atoms with van der Waals surface area (Å²) in [6.45, 7) is 2.67. The van der Waals surface area contributed by atoms with Crippen LogP contribution in [0.15, 0.2) is 0 Å². The normalized spacial score (nSPS) is 15.2. The Morgan fingerprint density at radius 1 is 1.64 bits per heavy atom. The summed E-state index contributed by atoms with van der Waals surface area (Å²) in [5.41, 5.74) is -1.26. The zero-order valence-corrected chi connectivity index (χ0v) is 7.31. The number of carbonyl (C=O) groups is 2.